The molecule has 3 aliphatic rings. The summed E-state index contributed by atoms with van der Waals surface area (Å²) in [5.74, 6) is 0.669. The molecule has 0 fully saturated rings. The van der Waals surface area contributed by atoms with E-state index >= 15 is 0 Å². The smallest absolute Gasteiger partial charge is 0.339 e. The molecule has 0 aromatic heterocycles. The molecule has 7 heteroatoms. The van der Waals surface area contributed by atoms with E-state index < -0.39 is 15.9 Å². The van der Waals surface area contributed by atoms with Gasteiger partial charge in [0.25, 0.3) is 0 Å². The van der Waals surface area contributed by atoms with Gasteiger partial charge in [0.1, 0.15) is 22.2 Å². The van der Waals surface area contributed by atoms with Gasteiger partial charge in [0, 0.05) is 25.6 Å². The molecule has 32 heavy (non-hydrogen) atoms. The molecule has 0 N–H and O–H groups in total. The zero-order valence-corrected chi connectivity index (χ0v) is 18.2. The second-order valence-corrected chi connectivity index (χ2v) is 10.2. The summed E-state index contributed by atoms with van der Waals surface area (Å²) in [5.41, 5.74) is 6.33. The minimum atomic E-state index is -4.10. The number of benzene rings is 3. The quantitative estimate of drug-likeness (QED) is 0.559. The third kappa shape index (κ3) is 3.36. The first-order valence-corrected chi connectivity index (χ1v) is 12.2. The van der Waals surface area contributed by atoms with Crippen molar-refractivity contribution >= 4 is 10.1 Å². The molecule has 5 nitrogen and oxygen atoms in total. The fourth-order valence-electron chi connectivity index (χ4n) is 5.08. The van der Waals surface area contributed by atoms with E-state index in [2.05, 4.69) is 17.0 Å². The largest absolute Gasteiger partial charge is 0.493 e. The third-order valence-electron chi connectivity index (χ3n) is 6.67. The number of rotatable bonds is 3. The Bertz CT molecular complexity index is 1340. The van der Waals surface area contributed by atoms with Crippen LogP contribution in [0.15, 0.2) is 59.5 Å². The van der Waals surface area contributed by atoms with Crippen LogP contribution in [0.4, 0.5) is 4.39 Å². The molecule has 0 spiro atoms. The summed E-state index contributed by atoms with van der Waals surface area (Å²) in [5, 5.41) is 0. The van der Waals surface area contributed by atoms with Gasteiger partial charge in [-0.15, -0.1) is 0 Å². The first kappa shape index (κ1) is 19.8. The van der Waals surface area contributed by atoms with Crippen LogP contribution in [-0.2, 0) is 35.9 Å². The maximum absolute atomic E-state index is 13.5. The Morgan fingerprint density at radius 1 is 0.969 bits per heavy atom. The lowest BCUT2D eigenvalue weighted by molar-refractivity contribution is 0.160. The molecule has 1 atom stereocenters. The van der Waals surface area contributed by atoms with Crippen LogP contribution in [0, 0.1) is 5.82 Å². The maximum atomic E-state index is 13.5. The molecular formula is C25H22FNO4S. The molecule has 0 saturated carbocycles. The van der Waals surface area contributed by atoms with Crippen LogP contribution in [0.1, 0.15) is 33.9 Å². The standard InChI is InChI=1S/C25H22FNO4S/c26-20-2-1-3-22(14-20)32(28,29)31-21-5-4-16-12-24-23-11-18-7-9-30-25(18)13-17(23)6-8-27(24)15-19(16)10-21/h1-5,10-11,13-14,24H,6-9,12,15H2. The average molecular weight is 452 g/mol. The second-order valence-electron chi connectivity index (χ2n) is 8.62. The summed E-state index contributed by atoms with van der Waals surface area (Å²) in [6.07, 6.45) is 2.81. The van der Waals surface area contributed by atoms with Gasteiger partial charge in [-0.1, -0.05) is 18.2 Å². The Balaban J connectivity index is 1.28. The Kier molecular flexibility index (Phi) is 4.52. The van der Waals surface area contributed by atoms with Crippen molar-refractivity contribution in [2.45, 2.75) is 36.7 Å². The Labute approximate surface area is 186 Å². The third-order valence-corrected chi connectivity index (χ3v) is 7.92. The molecule has 6 rings (SSSR count). The van der Waals surface area contributed by atoms with Crippen LogP contribution in [0.2, 0.25) is 0 Å². The molecule has 0 bridgehead atoms. The van der Waals surface area contributed by atoms with Gasteiger partial charge in [-0.05, 0) is 77.1 Å². The van der Waals surface area contributed by atoms with Crippen molar-refractivity contribution in [2.75, 3.05) is 13.2 Å². The maximum Gasteiger partial charge on any atom is 0.339 e. The van der Waals surface area contributed by atoms with Gasteiger partial charge in [-0.2, -0.15) is 8.42 Å². The van der Waals surface area contributed by atoms with Crippen LogP contribution in [-0.4, -0.2) is 26.5 Å². The molecular weight excluding hydrogens is 429 g/mol. The van der Waals surface area contributed by atoms with Crippen molar-refractivity contribution in [1.82, 2.24) is 4.90 Å². The topological polar surface area (TPSA) is 55.8 Å². The van der Waals surface area contributed by atoms with Crippen molar-refractivity contribution in [2.24, 2.45) is 0 Å². The van der Waals surface area contributed by atoms with Crippen LogP contribution < -0.4 is 8.92 Å². The summed E-state index contributed by atoms with van der Waals surface area (Å²) in [7, 11) is -4.10. The number of nitrogens with zero attached hydrogens (tertiary/aromatic N) is 1. The fourth-order valence-corrected chi connectivity index (χ4v) is 6.04. The highest BCUT2D eigenvalue weighted by molar-refractivity contribution is 7.87. The van der Waals surface area contributed by atoms with E-state index in [0.717, 1.165) is 56.3 Å². The number of hydrogen-bond donors (Lipinski definition) is 0. The van der Waals surface area contributed by atoms with E-state index in [9.17, 15) is 12.8 Å². The molecule has 3 aromatic rings. The van der Waals surface area contributed by atoms with Gasteiger partial charge in [0.05, 0.1) is 6.61 Å². The van der Waals surface area contributed by atoms with Gasteiger partial charge >= 0.3 is 10.1 Å². The van der Waals surface area contributed by atoms with E-state index in [-0.39, 0.29) is 10.6 Å². The second kappa shape index (κ2) is 7.32. The summed E-state index contributed by atoms with van der Waals surface area (Å²) < 4.78 is 49.7. The highest BCUT2D eigenvalue weighted by Crippen LogP contribution is 2.42. The van der Waals surface area contributed by atoms with Gasteiger partial charge in [-0.25, -0.2) is 4.39 Å². The SMILES string of the molecule is O=S(=O)(Oc1ccc2c(c1)CN1CCc3cc4c(cc3C1C2)CCO4)c1cccc(F)c1. The summed E-state index contributed by atoms with van der Waals surface area (Å²) in [6.45, 7) is 2.45. The van der Waals surface area contributed by atoms with Crippen LogP contribution in [0.5, 0.6) is 11.5 Å². The van der Waals surface area contributed by atoms with Crippen LogP contribution in [0.3, 0.4) is 0 Å². The molecule has 164 valence electrons. The predicted molar refractivity (Wildman–Crippen MR) is 117 cm³/mol. The van der Waals surface area contributed by atoms with Crippen molar-refractivity contribution in [1.29, 1.82) is 0 Å². The lowest BCUT2D eigenvalue weighted by Crippen LogP contribution is -2.39. The minimum Gasteiger partial charge on any atom is -0.493 e. The lowest BCUT2D eigenvalue weighted by Gasteiger charge is -2.41. The molecule has 1 unspecified atom stereocenters. The molecule has 3 heterocycles. The lowest BCUT2D eigenvalue weighted by atomic mass is 9.83. The number of ether oxygens (including phenoxy) is 1. The van der Waals surface area contributed by atoms with E-state index in [1.807, 2.05) is 6.07 Å². The molecule has 0 amide bonds. The van der Waals surface area contributed by atoms with E-state index in [0.29, 0.717) is 6.04 Å². The minimum absolute atomic E-state index is 0.195. The van der Waals surface area contributed by atoms with Gasteiger partial charge in [-0.3, -0.25) is 4.90 Å². The molecule has 3 aromatic carbocycles. The van der Waals surface area contributed by atoms with E-state index in [4.69, 9.17) is 8.92 Å². The first-order valence-electron chi connectivity index (χ1n) is 10.8. The Morgan fingerprint density at radius 2 is 1.88 bits per heavy atom. The molecule has 0 aliphatic carbocycles. The zero-order valence-electron chi connectivity index (χ0n) is 17.4. The van der Waals surface area contributed by atoms with Crippen molar-refractivity contribution in [3.8, 4) is 11.5 Å². The molecule has 3 aliphatic heterocycles. The fraction of sp³-hybridized carbons (Fsp3) is 0.280. The van der Waals surface area contributed by atoms with E-state index in [1.54, 1.807) is 12.1 Å². The zero-order chi connectivity index (χ0) is 21.9. The Hall–Kier alpha value is -2.90. The van der Waals surface area contributed by atoms with Crippen molar-refractivity contribution < 1.29 is 21.7 Å². The summed E-state index contributed by atoms with van der Waals surface area (Å²) in [4.78, 5) is 2.26. The van der Waals surface area contributed by atoms with Gasteiger partial charge in [0.15, 0.2) is 0 Å². The van der Waals surface area contributed by atoms with Crippen LogP contribution in [0.25, 0.3) is 0 Å². The van der Waals surface area contributed by atoms with E-state index in [1.165, 1.54) is 40.5 Å². The molecule has 0 saturated heterocycles. The normalized spacial score (nSPS) is 19.3. The highest BCUT2D eigenvalue weighted by atomic mass is 32.2. The highest BCUT2D eigenvalue weighted by Gasteiger charge is 2.33. The van der Waals surface area contributed by atoms with Crippen LogP contribution >= 0.6 is 0 Å². The van der Waals surface area contributed by atoms with Crippen molar-refractivity contribution in [3.63, 3.8) is 0 Å². The van der Waals surface area contributed by atoms with Gasteiger partial charge < -0.3 is 8.92 Å². The monoisotopic (exact) mass is 451 g/mol. The molecule has 0 radical (unpaired) electrons. The number of fused-ring (bicyclic) bond motifs is 5. The van der Waals surface area contributed by atoms with Crippen molar-refractivity contribution in [3.05, 3.63) is 88.2 Å². The number of halogens is 1. The predicted octanol–water partition coefficient (Wildman–Crippen LogP) is 4.18. The summed E-state index contributed by atoms with van der Waals surface area (Å²) >= 11 is 0. The van der Waals surface area contributed by atoms with Gasteiger partial charge in [0.2, 0.25) is 0 Å². The summed E-state index contributed by atoms with van der Waals surface area (Å²) in [6, 6.07) is 15.1. The Morgan fingerprint density at radius 3 is 2.75 bits per heavy atom. The first-order chi connectivity index (χ1) is 15.5. The average Bonchev–Trinajstić information content (AvgIpc) is 3.23. The number of hydrogen-bond acceptors (Lipinski definition) is 5.